The second-order valence-corrected chi connectivity index (χ2v) is 9.95. The molecule has 0 unspecified atom stereocenters. The minimum absolute atomic E-state index is 0.130. The molecule has 0 atom stereocenters. The third-order valence-electron chi connectivity index (χ3n) is 7.13. The predicted octanol–water partition coefficient (Wildman–Crippen LogP) is 3.05. The summed E-state index contributed by atoms with van der Waals surface area (Å²) < 4.78 is 5.45. The molecule has 9 nitrogen and oxygen atoms in total. The first-order valence-corrected chi connectivity index (χ1v) is 13.3. The smallest absolute Gasteiger partial charge is 0.221 e. The normalized spacial score (nSPS) is 16.3. The zero-order valence-corrected chi connectivity index (χ0v) is 22.0. The van der Waals surface area contributed by atoms with Gasteiger partial charge in [-0.2, -0.15) is 0 Å². The average Bonchev–Trinajstić information content (AvgIpc) is 2.94. The molecular formula is C29H37N7O2. The second-order valence-electron chi connectivity index (χ2n) is 9.95. The van der Waals surface area contributed by atoms with Gasteiger partial charge in [-0.25, -0.2) is 4.98 Å². The number of hydrogen-bond donors (Lipinski definition) is 3. The summed E-state index contributed by atoms with van der Waals surface area (Å²) in [5.41, 5.74) is 11.7. The maximum atomic E-state index is 11.7. The van der Waals surface area contributed by atoms with Crippen molar-refractivity contribution in [2.45, 2.75) is 13.0 Å². The van der Waals surface area contributed by atoms with E-state index in [0.717, 1.165) is 69.4 Å². The molecule has 0 bridgehead atoms. The van der Waals surface area contributed by atoms with Gasteiger partial charge in [0.2, 0.25) is 5.91 Å². The predicted molar refractivity (Wildman–Crippen MR) is 153 cm³/mol. The lowest BCUT2D eigenvalue weighted by molar-refractivity contribution is -0.117. The Morgan fingerprint density at radius 1 is 0.947 bits per heavy atom. The lowest BCUT2D eigenvalue weighted by atomic mass is 10.1. The Labute approximate surface area is 224 Å². The molecule has 5 rings (SSSR count). The van der Waals surface area contributed by atoms with Crippen LogP contribution < -0.4 is 26.2 Å². The SMILES string of the molecule is CN1CCN(c2cccc(CNc3cc(Nc4ccc(N5CCOCC5)cc4)ncc3CC(N)=O)c2)CC1. The summed E-state index contributed by atoms with van der Waals surface area (Å²) in [6.07, 6.45) is 1.85. The van der Waals surface area contributed by atoms with Crippen LogP contribution in [0.25, 0.3) is 0 Å². The van der Waals surface area contributed by atoms with Gasteiger partial charge < -0.3 is 35.8 Å². The molecule has 4 N–H and O–H groups in total. The summed E-state index contributed by atoms with van der Waals surface area (Å²) >= 11 is 0. The van der Waals surface area contributed by atoms with Gasteiger partial charge in [0.25, 0.3) is 0 Å². The molecule has 38 heavy (non-hydrogen) atoms. The average molecular weight is 516 g/mol. The van der Waals surface area contributed by atoms with E-state index in [-0.39, 0.29) is 12.3 Å². The number of nitrogens with one attached hydrogen (secondary N) is 2. The summed E-state index contributed by atoms with van der Waals surface area (Å²) in [4.78, 5) is 23.4. The number of carbonyl (C=O) groups excluding carboxylic acids is 1. The number of ether oxygens (including phenoxy) is 1. The number of piperazine rings is 1. The minimum Gasteiger partial charge on any atom is -0.381 e. The Morgan fingerprint density at radius 3 is 2.42 bits per heavy atom. The largest absolute Gasteiger partial charge is 0.381 e. The highest BCUT2D eigenvalue weighted by atomic mass is 16.5. The fourth-order valence-corrected chi connectivity index (χ4v) is 4.90. The maximum Gasteiger partial charge on any atom is 0.221 e. The Kier molecular flexibility index (Phi) is 8.25. The van der Waals surface area contributed by atoms with Gasteiger partial charge in [-0.3, -0.25) is 4.79 Å². The van der Waals surface area contributed by atoms with Crippen LogP contribution in [0.3, 0.4) is 0 Å². The number of aromatic nitrogens is 1. The van der Waals surface area contributed by atoms with Crippen molar-refractivity contribution in [3.8, 4) is 0 Å². The van der Waals surface area contributed by atoms with Crippen molar-refractivity contribution >= 4 is 34.5 Å². The summed E-state index contributed by atoms with van der Waals surface area (Å²) in [7, 11) is 2.17. The molecule has 3 aromatic rings. The van der Waals surface area contributed by atoms with Gasteiger partial charge in [0.1, 0.15) is 5.82 Å². The van der Waals surface area contributed by atoms with E-state index in [1.807, 2.05) is 6.07 Å². The van der Waals surface area contributed by atoms with Crippen molar-refractivity contribution in [1.82, 2.24) is 9.88 Å². The molecule has 200 valence electrons. The molecule has 3 heterocycles. The molecule has 2 aliphatic rings. The van der Waals surface area contributed by atoms with E-state index in [2.05, 4.69) is 85.9 Å². The Bertz CT molecular complexity index is 1220. The molecule has 0 saturated carbocycles. The molecule has 0 radical (unpaired) electrons. The van der Waals surface area contributed by atoms with Crippen molar-refractivity contribution in [3.05, 3.63) is 71.9 Å². The standard InChI is InChI=1S/C29H37N7O2/c1-34-9-11-35(12-10-34)26-4-2-3-22(17-26)20-31-27-19-29(32-21-23(27)18-28(30)37)33-24-5-7-25(8-6-24)36-13-15-38-16-14-36/h2-8,17,19,21H,9-16,18,20H2,1H3,(H2,30,37)(H2,31,32,33). The fraction of sp³-hybridized carbons (Fsp3) is 0.379. The number of primary amides is 1. The molecule has 1 amide bonds. The topological polar surface area (TPSA) is 99.0 Å². The number of nitrogens with two attached hydrogens (primary N) is 1. The van der Waals surface area contributed by atoms with Crippen LogP contribution in [0.2, 0.25) is 0 Å². The quantitative estimate of drug-likeness (QED) is 0.400. The number of rotatable bonds is 9. The Hall–Kier alpha value is -3.82. The zero-order chi connectivity index (χ0) is 26.3. The molecular weight excluding hydrogens is 478 g/mol. The van der Waals surface area contributed by atoms with E-state index in [1.54, 1.807) is 6.20 Å². The summed E-state index contributed by atoms with van der Waals surface area (Å²) in [5, 5.41) is 6.91. The van der Waals surface area contributed by atoms with Crippen molar-refractivity contribution in [2.75, 3.05) is 80.0 Å². The van der Waals surface area contributed by atoms with Crippen molar-refractivity contribution in [2.24, 2.45) is 5.73 Å². The van der Waals surface area contributed by atoms with Gasteiger partial charge >= 0.3 is 0 Å². The highest BCUT2D eigenvalue weighted by molar-refractivity contribution is 5.79. The van der Waals surface area contributed by atoms with Gasteiger partial charge in [-0.05, 0) is 49.0 Å². The lowest BCUT2D eigenvalue weighted by Crippen LogP contribution is -2.44. The van der Waals surface area contributed by atoms with Gasteiger partial charge in [0.15, 0.2) is 0 Å². The number of carbonyl (C=O) groups is 1. The Morgan fingerprint density at radius 2 is 1.68 bits per heavy atom. The first kappa shape index (κ1) is 25.8. The molecule has 1 aromatic heterocycles. The lowest BCUT2D eigenvalue weighted by Gasteiger charge is -2.34. The van der Waals surface area contributed by atoms with Gasteiger partial charge in [0.05, 0.1) is 19.6 Å². The molecule has 2 saturated heterocycles. The Balaban J connectivity index is 1.27. The van der Waals surface area contributed by atoms with Crippen LogP contribution in [-0.2, 0) is 22.5 Å². The summed E-state index contributed by atoms with van der Waals surface area (Å²) in [5.74, 6) is 0.317. The van der Waals surface area contributed by atoms with Crippen molar-refractivity contribution < 1.29 is 9.53 Å². The van der Waals surface area contributed by atoms with E-state index in [4.69, 9.17) is 10.5 Å². The molecule has 0 spiro atoms. The molecule has 2 fully saturated rings. The third kappa shape index (κ3) is 6.73. The van der Waals surface area contributed by atoms with Crippen LogP contribution in [0.5, 0.6) is 0 Å². The molecule has 9 heteroatoms. The number of pyridine rings is 1. The number of hydrogen-bond acceptors (Lipinski definition) is 8. The maximum absolute atomic E-state index is 11.7. The first-order valence-electron chi connectivity index (χ1n) is 13.3. The number of likely N-dealkylation sites (N-methyl/N-ethyl adjacent to an activating group) is 1. The van der Waals surface area contributed by atoms with E-state index in [0.29, 0.717) is 12.4 Å². The van der Waals surface area contributed by atoms with Gasteiger partial charge in [-0.15, -0.1) is 0 Å². The molecule has 2 aliphatic heterocycles. The molecule has 2 aromatic carbocycles. The number of morpholine rings is 1. The summed E-state index contributed by atoms with van der Waals surface area (Å²) in [6.45, 7) is 8.17. The van der Waals surface area contributed by atoms with Crippen LogP contribution in [0.1, 0.15) is 11.1 Å². The van der Waals surface area contributed by atoms with Crippen molar-refractivity contribution in [1.29, 1.82) is 0 Å². The molecule has 0 aliphatic carbocycles. The van der Waals surface area contributed by atoms with E-state index in [1.165, 1.54) is 16.9 Å². The number of amides is 1. The van der Waals surface area contributed by atoms with Crippen LogP contribution in [0, 0.1) is 0 Å². The van der Waals surface area contributed by atoms with E-state index < -0.39 is 0 Å². The van der Waals surface area contributed by atoms with Crippen molar-refractivity contribution in [3.63, 3.8) is 0 Å². The highest BCUT2D eigenvalue weighted by Gasteiger charge is 2.15. The third-order valence-corrected chi connectivity index (χ3v) is 7.13. The minimum atomic E-state index is -0.383. The number of benzene rings is 2. The fourth-order valence-electron chi connectivity index (χ4n) is 4.90. The number of nitrogens with zero attached hydrogens (tertiary/aromatic N) is 4. The van der Waals surface area contributed by atoms with Gasteiger partial charge in [0, 0.05) is 86.4 Å². The van der Waals surface area contributed by atoms with Gasteiger partial charge in [-0.1, -0.05) is 12.1 Å². The monoisotopic (exact) mass is 515 g/mol. The first-order chi connectivity index (χ1) is 18.5. The number of anilines is 5. The second kappa shape index (κ2) is 12.1. The van der Waals surface area contributed by atoms with Crippen LogP contribution >= 0.6 is 0 Å². The zero-order valence-electron chi connectivity index (χ0n) is 22.0. The summed E-state index contributed by atoms with van der Waals surface area (Å²) in [6, 6.07) is 18.9. The van der Waals surface area contributed by atoms with Crippen LogP contribution in [0.15, 0.2) is 60.8 Å². The van der Waals surface area contributed by atoms with E-state index >= 15 is 0 Å². The highest BCUT2D eigenvalue weighted by Crippen LogP contribution is 2.26. The van der Waals surface area contributed by atoms with Crippen LogP contribution in [0.4, 0.5) is 28.6 Å². The van der Waals surface area contributed by atoms with Crippen LogP contribution in [-0.4, -0.2) is 75.3 Å². The van der Waals surface area contributed by atoms with E-state index in [9.17, 15) is 4.79 Å².